The van der Waals surface area contributed by atoms with Crippen molar-refractivity contribution in [2.45, 2.75) is 52.5 Å². The highest BCUT2D eigenvalue weighted by atomic mass is 19.1. The van der Waals surface area contributed by atoms with E-state index in [9.17, 15) is 8.78 Å². The maximum absolute atomic E-state index is 15.0. The highest BCUT2D eigenvalue weighted by molar-refractivity contribution is 5.83. The molecule has 39 heavy (non-hydrogen) atoms. The fourth-order valence-electron chi connectivity index (χ4n) is 5.57. The molecule has 9 heteroatoms. The van der Waals surface area contributed by atoms with E-state index in [1.54, 1.807) is 12.3 Å². The minimum atomic E-state index is -0.652. The van der Waals surface area contributed by atoms with E-state index < -0.39 is 11.6 Å². The first-order chi connectivity index (χ1) is 18.8. The standard InChI is InChI=1S/C30H33F2N7/c1-6-23(20-10-12-38(7-2)13-11-20)21-8-9-27(33-16-21)36-30-34-17-25(32)28(37-30)22-14-24(31)29-26(15-22)39(18(3)4)19(5)35-29/h1,8-9,14-18,20,23H,7,10-13H2,2-5H3,(H,33,34,36,37)/t23-/m1/s1. The van der Waals surface area contributed by atoms with E-state index in [-0.39, 0.29) is 29.1 Å². The lowest BCUT2D eigenvalue weighted by Gasteiger charge is -2.33. The minimum absolute atomic E-state index is 0.00644. The SMILES string of the molecule is C#C[C@@H](c1ccc(Nc2ncc(F)c(-c3cc(F)c4nc(C)n(C(C)C)c4c3)n2)nc1)C1CCN(CC)CC1. The Morgan fingerprint density at radius 1 is 1.08 bits per heavy atom. The van der Waals surface area contributed by atoms with Crippen LogP contribution in [0.4, 0.5) is 20.5 Å². The van der Waals surface area contributed by atoms with Gasteiger partial charge in [-0.3, -0.25) is 0 Å². The lowest BCUT2D eigenvalue weighted by molar-refractivity contribution is 0.185. The number of fused-ring (bicyclic) bond motifs is 1. The molecule has 0 aliphatic carbocycles. The van der Waals surface area contributed by atoms with E-state index in [1.165, 1.54) is 6.07 Å². The Morgan fingerprint density at radius 2 is 1.85 bits per heavy atom. The largest absolute Gasteiger partial charge is 0.326 e. The van der Waals surface area contributed by atoms with E-state index in [0.717, 1.165) is 44.2 Å². The second kappa shape index (κ2) is 11.1. The van der Waals surface area contributed by atoms with E-state index in [4.69, 9.17) is 6.42 Å². The van der Waals surface area contributed by atoms with Crippen LogP contribution in [0.1, 0.15) is 57.0 Å². The third kappa shape index (κ3) is 5.34. The number of nitrogens with zero attached hydrogens (tertiary/aromatic N) is 6. The van der Waals surface area contributed by atoms with Gasteiger partial charge in [-0.15, -0.1) is 6.42 Å². The average molecular weight is 530 g/mol. The normalized spacial score (nSPS) is 15.5. The number of anilines is 2. The van der Waals surface area contributed by atoms with Crippen molar-refractivity contribution in [3.05, 3.63) is 59.7 Å². The molecule has 1 saturated heterocycles. The number of likely N-dealkylation sites (tertiary alicyclic amines) is 1. The predicted molar refractivity (Wildman–Crippen MR) is 150 cm³/mol. The quantitative estimate of drug-likeness (QED) is 0.286. The summed E-state index contributed by atoms with van der Waals surface area (Å²) in [4.78, 5) is 19.7. The van der Waals surface area contributed by atoms with Crippen molar-refractivity contribution >= 4 is 22.8 Å². The molecule has 1 fully saturated rings. The van der Waals surface area contributed by atoms with E-state index in [0.29, 0.717) is 28.6 Å². The van der Waals surface area contributed by atoms with E-state index in [2.05, 4.69) is 43.0 Å². The number of rotatable bonds is 7. The molecule has 0 radical (unpaired) electrons. The highest BCUT2D eigenvalue weighted by Crippen LogP contribution is 2.33. The number of aryl methyl sites for hydroxylation is 1. The van der Waals surface area contributed by atoms with Crippen LogP contribution in [0.5, 0.6) is 0 Å². The van der Waals surface area contributed by atoms with Crippen molar-refractivity contribution in [2.24, 2.45) is 5.92 Å². The lowest BCUT2D eigenvalue weighted by Crippen LogP contribution is -2.35. The van der Waals surface area contributed by atoms with Gasteiger partial charge in [-0.2, -0.15) is 0 Å². The van der Waals surface area contributed by atoms with Crippen molar-refractivity contribution < 1.29 is 8.78 Å². The van der Waals surface area contributed by atoms with Crippen LogP contribution in [0.15, 0.2) is 36.7 Å². The van der Waals surface area contributed by atoms with Crippen molar-refractivity contribution in [1.82, 2.24) is 29.4 Å². The second-order valence-corrected chi connectivity index (χ2v) is 10.4. The van der Waals surface area contributed by atoms with Gasteiger partial charge in [-0.1, -0.05) is 18.9 Å². The Hall–Kier alpha value is -3.90. The fourth-order valence-corrected chi connectivity index (χ4v) is 5.57. The third-order valence-electron chi connectivity index (χ3n) is 7.57. The van der Waals surface area contributed by atoms with Crippen LogP contribution in [0.2, 0.25) is 0 Å². The van der Waals surface area contributed by atoms with Crippen molar-refractivity contribution in [2.75, 3.05) is 25.0 Å². The highest BCUT2D eigenvalue weighted by Gasteiger charge is 2.26. The lowest BCUT2D eigenvalue weighted by atomic mass is 9.81. The molecule has 3 aromatic heterocycles. The first-order valence-corrected chi connectivity index (χ1v) is 13.4. The summed E-state index contributed by atoms with van der Waals surface area (Å²) in [5, 5.41) is 3.03. The zero-order valence-corrected chi connectivity index (χ0v) is 22.7. The summed E-state index contributed by atoms with van der Waals surface area (Å²) in [5.74, 6) is 3.57. The topological polar surface area (TPSA) is 71.8 Å². The Bertz CT molecular complexity index is 1510. The molecule has 0 amide bonds. The average Bonchev–Trinajstić information content (AvgIpc) is 3.28. The molecule has 0 bridgehead atoms. The van der Waals surface area contributed by atoms with Crippen LogP contribution in [0.3, 0.4) is 0 Å². The molecular weight excluding hydrogens is 496 g/mol. The van der Waals surface area contributed by atoms with Crippen LogP contribution in [0, 0.1) is 36.8 Å². The van der Waals surface area contributed by atoms with Crippen molar-refractivity contribution in [3.63, 3.8) is 0 Å². The maximum atomic E-state index is 15.0. The van der Waals surface area contributed by atoms with Crippen molar-refractivity contribution in [1.29, 1.82) is 0 Å². The van der Waals surface area contributed by atoms with Gasteiger partial charge < -0.3 is 14.8 Å². The summed E-state index contributed by atoms with van der Waals surface area (Å²) >= 11 is 0. The Morgan fingerprint density at radius 3 is 2.49 bits per heavy atom. The molecule has 1 N–H and O–H groups in total. The van der Waals surface area contributed by atoms with Gasteiger partial charge in [0.05, 0.1) is 11.7 Å². The van der Waals surface area contributed by atoms with Crippen molar-refractivity contribution in [3.8, 4) is 23.6 Å². The zero-order valence-electron chi connectivity index (χ0n) is 22.7. The third-order valence-corrected chi connectivity index (χ3v) is 7.57. The van der Waals surface area contributed by atoms with E-state index in [1.807, 2.05) is 37.5 Å². The molecule has 1 aliphatic rings. The molecule has 4 aromatic rings. The molecule has 202 valence electrons. The fraction of sp³-hybridized carbons (Fsp3) is 0.400. The molecule has 7 nitrogen and oxygen atoms in total. The summed E-state index contributed by atoms with van der Waals surface area (Å²) in [6.45, 7) is 11.2. The first kappa shape index (κ1) is 26.7. The van der Waals surface area contributed by atoms with Gasteiger partial charge in [-0.25, -0.2) is 28.7 Å². The number of halogens is 2. The molecule has 4 heterocycles. The number of terminal acetylenes is 1. The smallest absolute Gasteiger partial charge is 0.229 e. The second-order valence-electron chi connectivity index (χ2n) is 10.4. The number of piperidine rings is 1. The summed E-state index contributed by atoms with van der Waals surface area (Å²) in [6, 6.07) is 6.82. The monoisotopic (exact) mass is 529 g/mol. The van der Waals surface area contributed by atoms with Gasteiger partial charge in [0.15, 0.2) is 11.6 Å². The van der Waals surface area contributed by atoms with Gasteiger partial charge in [-0.05, 0) is 82.9 Å². The number of hydrogen-bond donors (Lipinski definition) is 1. The summed E-state index contributed by atoms with van der Waals surface area (Å²) in [5.41, 5.74) is 2.14. The van der Waals surface area contributed by atoms with Crippen LogP contribution in [-0.4, -0.2) is 49.0 Å². The maximum Gasteiger partial charge on any atom is 0.229 e. The Balaban J connectivity index is 1.38. The predicted octanol–water partition coefficient (Wildman–Crippen LogP) is 6.25. The van der Waals surface area contributed by atoms with Crippen LogP contribution in [0.25, 0.3) is 22.3 Å². The summed E-state index contributed by atoms with van der Waals surface area (Å²) in [6.07, 6.45) is 10.9. The van der Waals surface area contributed by atoms with Crippen LogP contribution >= 0.6 is 0 Å². The molecule has 5 rings (SSSR count). The summed E-state index contributed by atoms with van der Waals surface area (Å²) < 4.78 is 31.8. The Kier molecular flexibility index (Phi) is 7.58. The van der Waals surface area contributed by atoms with E-state index >= 15 is 0 Å². The number of benzene rings is 1. The zero-order chi connectivity index (χ0) is 27.7. The number of aromatic nitrogens is 5. The molecule has 1 atom stereocenters. The molecule has 1 aromatic carbocycles. The van der Waals surface area contributed by atoms with Gasteiger partial charge in [0.25, 0.3) is 0 Å². The minimum Gasteiger partial charge on any atom is -0.326 e. The number of hydrogen-bond acceptors (Lipinski definition) is 6. The molecule has 0 saturated carbocycles. The Labute approximate surface area is 227 Å². The van der Waals surface area contributed by atoms with Crippen LogP contribution in [-0.2, 0) is 0 Å². The molecular formula is C30H33F2N7. The van der Waals surface area contributed by atoms with Gasteiger partial charge in [0, 0.05) is 23.7 Å². The number of imidazole rings is 1. The van der Waals surface area contributed by atoms with Gasteiger partial charge in [0.1, 0.15) is 22.9 Å². The van der Waals surface area contributed by atoms with Gasteiger partial charge >= 0.3 is 0 Å². The number of pyridine rings is 1. The molecule has 1 aliphatic heterocycles. The molecule has 0 unspecified atom stereocenters. The van der Waals surface area contributed by atoms with Gasteiger partial charge in [0.2, 0.25) is 5.95 Å². The summed E-state index contributed by atoms with van der Waals surface area (Å²) in [7, 11) is 0. The first-order valence-electron chi connectivity index (χ1n) is 13.4. The number of nitrogens with one attached hydrogen (secondary N) is 1. The molecule has 0 spiro atoms. The van der Waals surface area contributed by atoms with Crippen LogP contribution < -0.4 is 5.32 Å².